The minimum Gasteiger partial charge on any atom is -0.258 e. The van der Waals surface area contributed by atoms with Gasteiger partial charge in [0.15, 0.2) is 0 Å². The van der Waals surface area contributed by atoms with Crippen molar-refractivity contribution in [2.75, 3.05) is 0 Å². The van der Waals surface area contributed by atoms with Crippen LogP contribution in [0.15, 0.2) is 58.5 Å². The van der Waals surface area contributed by atoms with E-state index < -0.39 is 14.9 Å². The van der Waals surface area contributed by atoms with E-state index in [1.54, 1.807) is 13.0 Å². The van der Waals surface area contributed by atoms with Gasteiger partial charge in [-0.2, -0.15) is 18.4 Å². The minimum atomic E-state index is -3.84. The highest BCUT2D eigenvalue weighted by atomic mass is 35.5. The van der Waals surface area contributed by atoms with Crippen LogP contribution < -0.4 is 4.83 Å². The lowest BCUT2D eigenvalue weighted by molar-refractivity contribution is -0.384. The van der Waals surface area contributed by atoms with Gasteiger partial charge in [-0.15, -0.1) is 0 Å². The molecular formula is C14H12ClN3O4S. The van der Waals surface area contributed by atoms with Gasteiger partial charge in [0, 0.05) is 22.7 Å². The number of sulfonamides is 1. The molecule has 120 valence electrons. The van der Waals surface area contributed by atoms with Gasteiger partial charge in [-0.1, -0.05) is 23.7 Å². The molecule has 0 spiro atoms. The van der Waals surface area contributed by atoms with E-state index in [2.05, 4.69) is 9.93 Å². The Bertz CT molecular complexity index is 864. The van der Waals surface area contributed by atoms with Crippen LogP contribution in [0.2, 0.25) is 5.02 Å². The maximum absolute atomic E-state index is 12.1. The van der Waals surface area contributed by atoms with Crippen LogP contribution >= 0.6 is 11.6 Å². The lowest BCUT2D eigenvalue weighted by Gasteiger charge is -2.05. The van der Waals surface area contributed by atoms with Crippen LogP contribution in [-0.2, 0) is 10.0 Å². The van der Waals surface area contributed by atoms with E-state index in [0.29, 0.717) is 16.3 Å². The quantitative estimate of drug-likeness (QED) is 0.507. The van der Waals surface area contributed by atoms with E-state index >= 15 is 0 Å². The summed E-state index contributed by atoms with van der Waals surface area (Å²) in [6.45, 7) is 1.55. The van der Waals surface area contributed by atoms with Gasteiger partial charge in [-0.25, -0.2) is 0 Å². The Kier molecular flexibility index (Phi) is 4.97. The van der Waals surface area contributed by atoms with Crippen molar-refractivity contribution in [2.45, 2.75) is 11.8 Å². The van der Waals surface area contributed by atoms with Crippen molar-refractivity contribution in [2.24, 2.45) is 5.10 Å². The molecule has 0 heterocycles. The first kappa shape index (κ1) is 16.9. The van der Waals surface area contributed by atoms with E-state index in [0.717, 1.165) is 0 Å². The maximum Gasteiger partial charge on any atom is 0.276 e. The summed E-state index contributed by atoms with van der Waals surface area (Å²) in [6, 6.07) is 11.4. The normalized spacial score (nSPS) is 12.0. The molecule has 0 aliphatic carbocycles. The number of nitro groups is 1. The molecule has 0 unspecified atom stereocenters. The summed E-state index contributed by atoms with van der Waals surface area (Å²) >= 11 is 5.71. The highest BCUT2D eigenvalue weighted by molar-refractivity contribution is 7.89. The van der Waals surface area contributed by atoms with Crippen LogP contribution in [0.1, 0.15) is 12.5 Å². The Morgan fingerprint density at radius 1 is 1.22 bits per heavy atom. The predicted octanol–water partition coefficient (Wildman–Crippen LogP) is 2.95. The second kappa shape index (κ2) is 6.76. The highest BCUT2D eigenvalue weighted by Crippen LogP contribution is 2.15. The van der Waals surface area contributed by atoms with Gasteiger partial charge >= 0.3 is 0 Å². The number of nitro benzene ring substituents is 1. The molecule has 0 aliphatic rings. The van der Waals surface area contributed by atoms with E-state index in [9.17, 15) is 18.5 Å². The van der Waals surface area contributed by atoms with Crippen molar-refractivity contribution >= 4 is 33.0 Å². The van der Waals surface area contributed by atoms with Crippen molar-refractivity contribution in [1.29, 1.82) is 0 Å². The van der Waals surface area contributed by atoms with Crippen molar-refractivity contribution < 1.29 is 13.3 Å². The molecule has 23 heavy (non-hydrogen) atoms. The van der Waals surface area contributed by atoms with Crippen LogP contribution in [0, 0.1) is 10.1 Å². The zero-order valence-electron chi connectivity index (χ0n) is 11.9. The number of rotatable bonds is 5. The lowest BCUT2D eigenvalue weighted by Crippen LogP contribution is -2.19. The van der Waals surface area contributed by atoms with E-state index in [-0.39, 0.29) is 10.6 Å². The average molecular weight is 354 g/mol. The van der Waals surface area contributed by atoms with Gasteiger partial charge in [-0.05, 0) is 31.2 Å². The standard InChI is InChI=1S/C14H12ClN3O4S/c1-10(11-3-2-4-13(9-11)18(19)20)16-17-23(21,22)14-7-5-12(15)6-8-14/h2-9,17H,1H3/b16-10-. The van der Waals surface area contributed by atoms with E-state index in [1.807, 2.05) is 0 Å². The summed E-state index contributed by atoms with van der Waals surface area (Å²) in [6.07, 6.45) is 0. The Labute approximate surface area is 137 Å². The summed E-state index contributed by atoms with van der Waals surface area (Å²) in [5, 5.41) is 15.0. The molecule has 2 aromatic rings. The van der Waals surface area contributed by atoms with Crippen LogP contribution in [-0.4, -0.2) is 19.1 Å². The molecule has 0 radical (unpaired) electrons. The molecule has 0 amide bonds. The van der Waals surface area contributed by atoms with Crippen molar-refractivity contribution in [3.8, 4) is 0 Å². The second-order valence-electron chi connectivity index (χ2n) is 4.55. The zero-order chi connectivity index (χ0) is 17.0. The Balaban J connectivity index is 2.23. The molecule has 0 aliphatic heterocycles. The first-order valence-corrected chi connectivity index (χ1v) is 8.22. The van der Waals surface area contributed by atoms with Crippen LogP contribution in [0.5, 0.6) is 0 Å². The molecule has 7 nitrogen and oxygen atoms in total. The predicted molar refractivity (Wildman–Crippen MR) is 87.1 cm³/mol. The van der Waals surface area contributed by atoms with Crippen LogP contribution in [0.25, 0.3) is 0 Å². The number of nitrogens with one attached hydrogen (secondary N) is 1. The first-order chi connectivity index (χ1) is 10.8. The number of hydrogen-bond acceptors (Lipinski definition) is 5. The molecule has 0 saturated carbocycles. The Morgan fingerprint density at radius 2 is 1.87 bits per heavy atom. The lowest BCUT2D eigenvalue weighted by atomic mass is 10.1. The largest absolute Gasteiger partial charge is 0.276 e. The summed E-state index contributed by atoms with van der Waals surface area (Å²) in [7, 11) is -3.84. The first-order valence-electron chi connectivity index (χ1n) is 6.36. The van der Waals surface area contributed by atoms with Crippen molar-refractivity contribution in [1.82, 2.24) is 4.83 Å². The third-order valence-corrected chi connectivity index (χ3v) is 4.41. The number of hydrazone groups is 1. The van der Waals surface area contributed by atoms with Gasteiger partial charge in [0.25, 0.3) is 15.7 Å². The number of benzene rings is 2. The van der Waals surface area contributed by atoms with Crippen molar-refractivity contribution in [3.05, 3.63) is 69.2 Å². The number of nitrogens with zero attached hydrogens (tertiary/aromatic N) is 2. The van der Waals surface area contributed by atoms with Crippen LogP contribution in [0.4, 0.5) is 5.69 Å². The number of non-ortho nitro benzene ring substituents is 1. The molecular weight excluding hydrogens is 342 g/mol. The average Bonchev–Trinajstić information content (AvgIpc) is 2.53. The maximum atomic E-state index is 12.1. The van der Waals surface area contributed by atoms with Gasteiger partial charge in [0.1, 0.15) is 0 Å². The number of halogens is 1. The Morgan fingerprint density at radius 3 is 2.48 bits per heavy atom. The number of hydrogen-bond donors (Lipinski definition) is 1. The molecule has 0 aromatic heterocycles. The summed E-state index contributed by atoms with van der Waals surface area (Å²) in [5.74, 6) is 0. The molecule has 0 fully saturated rings. The molecule has 1 N–H and O–H groups in total. The van der Waals surface area contributed by atoms with E-state index in [1.165, 1.54) is 42.5 Å². The zero-order valence-corrected chi connectivity index (χ0v) is 13.5. The molecule has 0 saturated heterocycles. The summed E-state index contributed by atoms with van der Waals surface area (Å²) in [4.78, 5) is 12.3. The Hall–Kier alpha value is -2.45. The molecule has 2 rings (SSSR count). The molecule has 0 atom stereocenters. The summed E-state index contributed by atoms with van der Waals surface area (Å²) < 4.78 is 24.2. The fourth-order valence-corrected chi connectivity index (χ4v) is 2.69. The van der Waals surface area contributed by atoms with Gasteiger partial charge in [0.05, 0.1) is 15.5 Å². The van der Waals surface area contributed by atoms with Gasteiger partial charge in [0.2, 0.25) is 0 Å². The molecule has 9 heteroatoms. The fourth-order valence-electron chi connectivity index (χ4n) is 1.70. The minimum absolute atomic E-state index is 0.0116. The fraction of sp³-hybridized carbons (Fsp3) is 0.0714. The van der Waals surface area contributed by atoms with Gasteiger partial charge < -0.3 is 0 Å². The SMILES string of the molecule is C/C(=N/NS(=O)(=O)c1ccc(Cl)cc1)c1cccc([N+](=O)[O-])c1. The van der Waals surface area contributed by atoms with Gasteiger partial charge in [-0.3, -0.25) is 10.1 Å². The third kappa shape index (κ3) is 4.27. The van der Waals surface area contributed by atoms with Crippen molar-refractivity contribution in [3.63, 3.8) is 0 Å². The summed E-state index contributed by atoms with van der Waals surface area (Å²) in [5.41, 5.74) is 0.641. The second-order valence-corrected chi connectivity index (χ2v) is 6.65. The molecule has 2 aromatic carbocycles. The highest BCUT2D eigenvalue weighted by Gasteiger charge is 2.13. The topological polar surface area (TPSA) is 102 Å². The van der Waals surface area contributed by atoms with E-state index in [4.69, 9.17) is 11.6 Å². The third-order valence-electron chi connectivity index (χ3n) is 2.93. The smallest absolute Gasteiger partial charge is 0.258 e. The van der Waals surface area contributed by atoms with Crippen LogP contribution in [0.3, 0.4) is 0 Å². The monoisotopic (exact) mass is 353 g/mol. The molecule has 0 bridgehead atoms.